The molecule has 1 fully saturated rings. The van der Waals surface area contributed by atoms with Crippen molar-refractivity contribution < 1.29 is 0 Å². The summed E-state index contributed by atoms with van der Waals surface area (Å²) in [7, 11) is 0. The standard InChI is InChI=1S/C17H20N2/c1-2-6-14(7-3-1)15-9-11-19-17(12-15)13-16-8-4-5-10-18-16/h1-3,6-7,9,11-12,16,18H,4-5,8,10,13H2. The Bertz CT molecular complexity index is 516. The highest BCUT2D eigenvalue weighted by atomic mass is 14.9. The molecule has 0 saturated carbocycles. The maximum atomic E-state index is 4.52. The van der Waals surface area contributed by atoms with Gasteiger partial charge in [0.05, 0.1) is 0 Å². The van der Waals surface area contributed by atoms with Gasteiger partial charge in [-0.2, -0.15) is 0 Å². The molecule has 0 spiro atoms. The molecule has 98 valence electrons. The number of nitrogens with zero attached hydrogens (tertiary/aromatic N) is 1. The molecule has 1 atom stereocenters. The third kappa shape index (κ3) is 3.21. The van der Waals surface area contributed by atoms with E-state index in [1.165, 1.54) is 36.1 Å². The van der Waals surface area contributed by atoms with Gasteiger partial charge in [0.1, 0.15) is 0 Å². The Labute approximate surface area is 114 Å². The lowest BCUT2D eigenvalue weighted by molar-refractivity contribution is 0.397. The van der Waals surface area contributed by atoms with Crippen molar-refractivity contribution in [3.8, 4) is 11.1 Å². The number of hydrogen-bond donors (Lipinski definition) is 1. The zero-order valence-corrected chi connectivity index (χ0v) is 11.2. The number of pyridine rings is 1. The summed E-state index contributed by atoms with van der Waals surface area (Å²) in [4.78, 5) is 4.52. The average Bonchev–Trinajstić information content (AvgIpc) is 2.49. The van der Waals surface area contributed by atoms with Crippen LogP contribution < -0.4 is 5.32 Å². The minimum atomic E-state index is 0.604. The van der Waals surface area contributed by atoms with Crippen LogP contribution in [-0.2, 0) is 6.42 Å². The average molecular weight is 252 g/mol. The molecule has 19 heavy (non-hydrogen) atoms. The first-order chi connectivity index (χ1) is 9.42. The summed E-state index contributed by atoms with van der Waals surface area (Å²) in [6.45, 7) is 1.16. The van der Waals surface area contributed by atoms with E-state index in [1.807, 2.05) is 6.20 Å². The second kappa shape index (κ2) is 5.98. The molecule has 1 aromatic heterocycles. The summed E-state index contributed by atoms with van der Waals surface area (Å²) < 4.78 is 0. The van der Waals surface area contributed by atoms with Crippen molar-refractivity contribution >= 4 is 0 Å². The molecule has 0 radical (unpaired) electrons. The Kier molecular flexibility index (Phi) is 3.89. The van der Waals surface area contributed by atoms with E-state index >= 15 is 0 Å². The van der Waals surface area contributed by atoms with Crippen LogP contribution in [0.5, 0.6) is 0 Å². The lowest BCUT2D eigenvalue weighted by atomic mass is 9.98. The molecule has 1 aliphatic rings. The maximum Gasteiger partial charge on any atom is 0.0425 e. The van der Waals surface area contributed by atoms with Crippen molar-refractivity contribution in [2.75, 3.05) is 6.54 Å². The number of aromatic nitrogens is 1. The van der Waals surface area contributed by atoms with Gasteiger partial charge in [0, 0.05) is 24.4 Å². The highest BCUT2D eigenvalue weighted by molar-refractivity contribution is 5.63. The quantitative estimate of drug-likeness (QED) is 0.905. The molecular weight excluding hydrogens is 232 g/mol. The van der Waals surface area contributed by atoms with Crippen molar-refractivity contribution in [3.05, 3.63) is 54.4 Å². The predicted molar refractivity (Wildman–Crippen MR) is 79.0 cm³/mol. The summed E-state index contributed by atoms with van der Waals surface area (Å²) >= 11 is 0. The minimum absolute atomic E-state index is 0.604. The second-order valence-electron chi connectivity index (χ2n) is 5.25. The zero-order chi connectivity index (χ0) is 12.9. The molecule has 1 N–H and O–H groups in total. The van der Waals surface area contributed by atoms with Crippen molar-refractivity contribution in [3.63, 3.8) is 0 Å². The summed E-state index contributed by atoms with van der Waals surface area (Å²) in [6, 6.07) is 15.4. The molecule has 2 aromatic rings. The fourth-order valence-electron chi connectivity index (χ4n) is 2.75. The monoisotopic (exact) mass is 252 g/mol. The highest BCUT2D eigenvalue weighted by Crippen LogP contribution is 2.20. The Hall–Kier alpha value is -1.67. The molecule has 0 amide bonds. The molecule has 1 unspecified atom stereocenters. The zero-order valence-electron chi connectivity index (χ0n) is 11.2. The van der Waals surface area contributed by atoms with Gasteiger partial charge in [-0.25, -0.2) is 0 Å². The molecule has 1 aromatic carbocycles. The van der Waals surface area contributed by atoms with Crippen molar-refractivity contribution in [1.82, 2.24) is 10.3 Å². The molecule has 1 aliphatic heterocycles. The van der Waals surface area contributed by atoms with E-state index in [2.05, 4.69) is 52.8 Å². The van der Waals surface area contributed by atoms with E-state index in [9.17, 15) is 0 Å². The van der Waals surface area contributed by atoms with Crippen LogP contribution in [-0.4, -0.2) is 17.6 Å². The van der Waals surface area contributed by atoms with Gasteiger partial charge in [0.2, 0.25) is 0 Å². The van der Waals surface area contributed by atoms with E-state index < -0.39 is 0 Å². The van der Waals surface area contributed by atoms with Gasteiger partial charge >= 0.3 is 0 Å². The lowest BCUT2D eigenvalue weighted by Crippen LogP contribution is -2.35. The van der Waals surface area contributed by atoms with Crippen LogP contribution in [0.3, 0.4) is 0 Å². The molecule has 0 bridgehead atoms. The van der Waals surface area contributed by atoms with Crippen LogP contribution in [0.15, 0.2) is 48.7 Å². The van der Waals surface area contributed by atoms with Crippen LogP contribution in [0.2, 0.25) is 0 Å². The van der Waals surface area contributed by atoms with Gasteiger partial charge in [-0.05, 0) is 42.6 Å². The van der Waals surface area contributed by atoms with Crippen LogP contribution in [0.4, 0.5) is 0 Å². The molecule has 1 saturated heterocycles. The first kappa shape index (κ1) is 12.4. The first-order valence-corrected chi connectivity index (χ1v) is 7.15. The molecule has 0 aliphatic carbocycles. The number of nitrogens with one attached hydrogen (secondary N) is 1. The van der Waals surface area contributed by atoms with Crippen molar-refractivity contribution in [1.29, 1.82) is 0 Å². The van der Waals surface area contributed by atoms with Crippen molar-refractivity contribution in [2.24, 2.45) is 0 Å². The summed E-state index contributed by atoms with van der Waals surface area (Å²) in [6.07, 6.45) is 6.91. The minimum Gasteiger partial charge on any atom is -0.314 e. The van der Waals surface area contributed by atoms with E-state index in [0.29, 0.717) is 6.04 Å². The van der Waals surface area contributed by atoms with E-state index in [1.54, 1.807) is 0 Å². The third-order valence-electron chi connectivity index (χ3n) is 3.79. The van der Waals surface area contributed by atoms with Crippen LogP contribution in [0, 0.1) is 0 Å². The normalized spacial score (nSPS) is 19.3. The number of benzene rings is 1. The Morgan fingerprint density at radius 3 is 2.74 bits per heavy atom. The van der Waals surface area contributed by atoms with Gasteiger partial charge < -0.3 is 5.32 Å². The van der Waals surface area contributed by atoms with Crippen LogP contribution >= 0.6 is 0 Å². The maximum absolute atomic E-state index is 4.52. The SMILES string of the molecule is c1ccc(-c2ccnc(CC3CCCCN3)c2)cc1. The Morgan fingerprint density at radius 1 is 1.05 bits per heavy atom. The summed E-state index contributed by atoms with van der Waals surface area (Å²) in [5, 5.41) is 3.59. The largest absolute Gasteiger partial charge is 0.314 e. The fourth-order valence-corrected chi connectivity index (χ4v) is 2.75. The third-order valence-corrected chi connectivity index (χ3v) is 3.79. The second-order valence-corrected chi connectivity index (χ2v) is 5.25. The van der Waals surface area contributed by atoms with E-state index in [4.69, 9.17) is 0 Å². The summed E-state index contributed by atoms with van der Waals surface area (Å²) in [5.74, 6) is 0. The Morgan fingerprint density at radius 2 is 1.95 bits per heavy atom. The smallest absolute Gasteiger partial charge is 0.0425 e. The highest BCUT2D eigenvalue weighted by Gasteiger charge is 2.13. The predicted octanol–water partition coefficient (Wildman–Crippen LogP) is 3.43. The molecule has 2 heterocycles. The lowest BCUT2D eigenvalue weighted by Gasteiger charge is -2.23. The number of hydrogen-bond acceptors (Lipinski definition) is 2. The topological polar surface area (TPSA) is 24.9 Å². The van der Waals surface area contributed by atoms with E-state index in [-0.39, 0.29) is 0 Å². The van der Waals surface area contributed by atoms with Crippen LogP contribution in [0.1, 0.15) is 25.0 Å². The number of rotatable bonds is 3. The fraction of sp³-hybridized carbons (Fsp3) is 0.353. The van der Waals surface area contributed by atoms with Gasteiger partial charge in [0.15, 0.2) is 0 Å². The van der Waals surface area contributed by atoms with Gasteiger partial charge in [-0.1, -0.05) is 36.8 Å². The summed E-state index contributed by atoms with van der Waals surface area (Å²) in [5.41, 5.74) is 3.73. The van der Waals surface area contributed by atoms with E-state index in [0.717, 1.165) is 13.0 Å². The molecule has 2 heteroatoms. The molecule has 3 rings (SSSR count). The number of piperidine rings is 1. The van der Waals surface area contributed by atoms with Gasteiger partial charge in [-0.3, -0.25) is 4.98 Å². The first-order valence-electron chi connectivity index (χ1n) is 7.15. The van der Waals surface area contributed by atoms with Gasteiger partial charge in [0.25, 0.3) is 0 Å². The molecular formula is C17H20N2. The Balaban J connectivity index is 1.76. The van der Waals surface area contributed by atoms with Crippen LogP contribution in [0.25, 0.3) is 11.1 Å². The molecule has 2 nitrogen and oxygen atoms in total. The van der Waals surface area contributed by atoms with Crippen molar-refractivity contribution in [2.45, 2.75) is 31.7 Å². The van der Waals surface area contributed by atoms with Gasteiger partial charge in [-0.15, -0.1) is 0 Å².